The number of benzene rings is 19. The summed E-state index contributed by atoms with van der Waals surface area (Å²) in [5, 5.41) is 12.4. The zero-order valence-electron chi connectivity index (χ0n) is 78.7. The Bertz CT molecular complexity index is 9690. The van der Waals surface area contributed by atoms with Crippen molar-refractivity contribution in [1.29, 1.82) is 0 Å². The van der Waals surface area contributed by atoms with Crippen molar-refractivity contribution in [1.82, 2.24) is 48.6 Å². The molecule has 143 heavy (non-hydrogen) atoms. The monoisotopic (exact) mass is 1860 g/mol. The molecule has 29 rings (SSSR count). The minimum absolute atomic E-state index is 0.0896. The van der Waals surface area contributed by atoms with E-state index in [2.05, 4.69) is 436 Å². The van der Waals surface area contributed by atoms with Crippen molar-refractivity contribution in [2.45, 2.75) is 38.5 Å². The first-order chi connectivity index (χ1) is 70.4. The predicted octanol–water partition coefficient (Wildman–Crippen LogP) is 34.5. The quantitative estimate of drug-likeness (QED) is 0.120. The fraction of sp³-hybridized carbons (Fsp3) is 0.0458. The SMILES string of the molecule is CC1(C)c2ccccc2-c2cc3c4ccccc4n(-c4nc(-c5ccccc5)cc(-c5ccc(-c6ccccc6)cc5)n4)c3cc21.CC1(C)c2ccccc2-c2cc3c4ccccc4n(-c4nccc(-c5ccc(-c6ccc(-c7ccccc7)cc6)cc5)n4)c3cc21.c1ccc(-c2nc(-c3ccccc3)nc(-n3c4ccc(-c5cccc6c5sc5ccccc56)cc4c4c5sc6ccccc6c5ccc43)n2)cc1. The standard InChI is InChI=1S/C45H26N4S2.2C43H31N3/c1-3-12-27(13-4-1)43-46-44(28-14-5-2-6-15-28)48-45(47-43)49-36-24-22-29(30-18-11-19-33-31-16-7-9-20-38(31)50-41(30)33)26-35(36)40-37(49)25-23-34-32-17-8-10-21-39(32)51-42(34)40;1-43(2)36-19-11-9-17-32(36)34-25-35-33-18-10-12-20-40(33)46(41(35)26-37(34)43)42-44-38(30-15-7-4-8-16-30)27-39(45-42)31-23-21-29(22-24-31)28-13-5-3-6-14-28;1-43(2)37-14-8-6-12-33(37)35-26-36-34-13-7-9-15-40(34)46(41(36)27-38(35)43)42-44-25-24-39(45-42)32-22-20-31(21-23-32)30-18-16-29(17-19-30)28-10-4-3-5-11-28/h1-26H;2*3-27H,1-2H3. The normalized spacial score (nSPS) is 12.7. The molecule has 0 fully saturated rings. The largest absolute Gasteiger partial charge is 0.278 e. The molecule has 0 saturated heterocycles. The highest BCUT2D eigenvalue weighted by Gasteiger charge is 2.39. The molecule has 8 aromatic heterocycles. The maximum atomic E-state index is 5.30. The van der Waals surface area contributed by atoms with E-state index in [1.54, 1.807) is 0 Å². The molecule has 674 valence electrons. The summed E-state index contributed by atoms with van der Waals surface area (Å²) in [4.78, 5) is 35.9. The van der Waals surface area contributed by atoms with E-state index in [1.807, 2.05) is 89.5 Å². The fourth-order valence-corrected chi connectivity index (χ4v) is 24.6. The minimum Gasteiger partial charge on any atom is -0.278 e. The summed E-state index contributed by atoms with van der Waals surface area (Å²) in [6.07, 6.45) is 1.88. The molecule has 0 amide bonds. The van der Waals surface area contributed by atoms with Crippen molar-refractivity contribution in [3.05, 3.63) is 483 Å². The Balaban J connectivity index is 0.000000107. The Labute approximate surface area is 833 Å². The first kappa shape index (κ1) is 84.5. The van der Waals surface area contributed by atoms with Crippen molar-refractivity contribution >= 4 is 128 Å². The molecule has 2 aliphatic rings. The number of aromatic nitrogens is 10. The van der Waals surface area contributed by atoms with Crippen LogP contribution in [-0.4, -0.2) is 48.6 Å². The van der Waals surface area contributed by atoms with E-state index in [1.165, 1.54) is 162 Å². The van der Waals surface area contributed by atoms with Crippen LogP contribution in [0.5, 0.6) is 0 Å². The van der Waals surface area contributed by atoms with Gasteiger partial charge in [-0.15, -0.1) is 22.7 Å². The molecule has 0 aliphatic heterocycles. The van der Waals surface area contributed by atoms with Gasteiger partial charge in [0.15, 0.2) is 11.6 Å². The van der Waals surface area contributed by atoms with E-state index in [9.17, 15) is 0 Å². The summed E-state index contributed by atoms with van der Waals surface area (Å²) in [6.45, 7) is 9.32. The Morgan fingerprint density at radius 3 is 1.07 bits per heavy atom. The Hall–Kier alpha value is -17.8. The van der Waals surface area contributed by atoms with Crippen molar-refractivity contribution in [2.24, 2.45) is 0 Å². The molecular formula is C131H88N10S2. The molecule has 0 spiro atoms. The summed E-state index contributed by atoms with van der Waals surface area (Å²) < 4.78 is 11.9. The zero-order chi connectivity index (χ0) is 95.1. The van der Waals surface area contributed by atoms with E-state index in [0.29, 0.717) is 29.5 Å². The molecule has 0 radical (unpaired) electrons. The third-order valence-corrected chi connectivity index (χ3v) is 31.7. The third-order valence-electron chi connectivity index (χ3n) is 29.2. The van der Waals surface area contributed by atoms with Crippen molar-refractivity contribution in [3.8, 4) is 141 Å². The van der Waals surface area contributed by atoms with Crippen LogP contribution < -0.4 is 0 Å². The number of fused-ring (bicyclic) bond motifs is 22. The first-order valence-corrected chi connectivity index (χ1v) is 50.3. The topological polar surface area (TPSA) is 105 Å². The van der Waals surface area contributed by atoms with Crippen LogP contribution in [0.1, 0.15) is 49.9 Å². The maximum absolute atomic E-state index is 5.30. The van der Waals surface area contributed by atoms with Gasteiger partial charge in [0.05, 0.1) is 50.2 Å². The average Bonchev–Trinajstić information content (AvgIpc) is 1.56. The van der Waals surface area contributed by atoms with Gasteiger partial charge in [0, 0.05) is 118 Å². The molecule has 0 unspecified atom stereocenters. The van der Waals surface area contributed by atoms with Gasteiger partial charge in [-0.3, -0.25) is 13.7 Å². The lowest BCUT2D eigenvalue weighted by Gasteiger charge is -2.21. The minimum atomic E-state index is -0.111. The van der Waals surface area contributed by atoms with Crippen LogP contribution in [0.4, 0.5) is 0 Å². The van der Waals surface area contributed by atoms with Crippen LogP contribution in [0.2, 0.25) is 0 Å². The molecule has 19 aromatic carbocycles. The van der Waals surface area contributed by atoms with Crippen LogP contribution in [0.25, 0.3) is 247 Å². The van der Waals surface area contributed by atoms with Gasteiger partial charge < -0.3 is 0 Å². The molecule has 27 aromatic rings. The van der Waals surface area contributed by atoms with Gasteiger partial charge in [-0.2, -0.15) is 9.97 Å². The smallest absolute Gasteiger partial charge is 0.238 e. The second-order valence-corrected chi connectivity index (χ2v) is 40.3. The van der Waals surface area contributed by atoms with Crippen molar-refractivity contribution < 1.29 is 0 Å². The van der Waals surface area contributed by atoms with Crippen LogP contribution in [0, 0.1) is 0 Å². The summed E-state index contributed by atoms with van der Waals surface area (Å²) in [7, 11) is 0. The number of hydrogen-bond donors (Lipinski definition) is 0. The average molecular weight is 1870 g/mol. The molecule has 10 nitrogen and oxygen atoms in total. The van der Waals surface area contributed by atoms with Crippen molar-refractivity contribution in [3.63, 3.8) is 0 Å². The second kappa shape index (κ2) is 34.1. The number of nitrogens with zero attached hydrogens (tertiary/aromatic N) is 10. The van der Waals surface area contributed by atoms with Crippen LogP contribution >= 0.6 is 22.7 Å². The third kappa shape index (κ3) is 14.3. The van der Waals surface area contributed by atoms with Gasteiger partial charge in [0.2, 0.25) is 17.8 Å². The van der Waals surface area contributed by atoms with Crippen LogP contribution in [-0.2, 0) is 10.8 Å². The Kier molecular flexibility index (Phi) is 20.1. The molecule has 12 heteroatoms. The van der Waals surface area contributed by atoms with Crippen molar-refractivity contribution in [2.75, 3.05) is 0 Å². The van der Waals surface area contributed by atoms with Gasteiger partial charge in [-0.05, 0) is 168 Å². The second-order valence-electron chi connectivity index (χ2n) is 38.2. The first-order valence-electron chi connectivity index (χ1n) is 48.6. The van der Waals surface area contributed by atoms with E-state index < -0.39 is 0 Å². The van der Waals surface area contributed by atoms with Gasteiger partial charge >= 0.3 is 0 Å². The van der Waals surface area contributed by atoms with E-state index >= 15 is 0 Å². The lowest BCUT2D eigenvalue weighted by molar-refractivity contribution is 0.661. The van der Waals surface area contributed by atoms with Crippen LogP contribution in [0.15, 0.2) is 461 Å². The summed E-state index contributed by atoms with van der Waals surface area (Å²) >= 11 is 3.73. The highest BCUT2D eigenvalue weighted by atomic mass is 32.1. The number of para-hydroxylation sites is 2. The van der Waals surface area contributed by atoms with E-state index in [4.69, 9.17) is 34.9 Å². The predicted molar refractivity (Wildman–Crippen MR) is 597 cm³/mol. The number of rotatable bonds is 12. The zero-order valence-corrected chi connectivity index (χ0v) is 80.3. The molecule has 2 aliphatic carbocycles. The number of hydrogen-bond acceptors (Lipinski definition) is 9. The fourth-order valence-electron chi connectivity index (χ4n) is 22.1. The Morgan fingerprint density at radius 1 is 0.196 bits per heavy atom. The van der Waals surface area contributed by atoms with Gasteiger partial charge in [-0.1, -0.05) is 404 Å². The molecule has 0 bridgehead atoms. The lowest BCUT2D eigenvalue weighted by Crippen LogP contribution is -2.15. The van der Waals surface area contributed by atoms with Gasteiger partial charge in [0.25, 0.3) is 0 Å². The van der Waals surface area contributed by atoms with Crippen LogP contribution in [0.3, 0.4) is 0 Å². The summed E-state index contributed by atoms with van der Waals surface area (Å²) in [6, 6.07) is 162. The summed E-state index contributed by atoms with van der Waals surface area (Å²) in [5.74, 6) is 3.24. The summed E-state index contributed by atoms with van der Waals surface area (Å²) in [5.41, 5.74) is 34.5. The van der Waals surface area contributed by atoms with E-state index in [-0.39, 0.29) is 10.8 Å². The van der Waals surface area contributed by atoms with Gasteiger partial charge in [0.1, 0.15) is 0 Å². The van der Waals surface area contributed by atoms with Gasteiger partial charge in [-0.25, -0.2) is 24.9 Å². The number of thiophene rings is 2. The molecule has 0 saturated carbocycles. The van der Waals surface area contributed by atoms with E-state index in [0.717, 1.165) is 78.0 Å². The highest BCUT2D eigenvalue weighted by molar-refractivity contribution is 7.27. The highest BCUT2D eigenvalue weighted by Crippen LogP contribution is 2.55. The molecule has 8 heterocycles. The lowest BCUT2D eigenvalue weighted by atomic mass is 9.82. The molecule has 0 N–H and O–H groups in total. The molecule has 0 atom stereocenters. The Morgan fingerprint density at radius 2 is 0.552 bits per heavy atom. The maximum Gasteiger partial charge on any atom is 0.238 e. The molecular weight excluding hydrogens is 1780 g/mol.